The highest BCUT2D eigenvalue weighted by Gasteiger charge is 2.42. The molecular weight excluding hydrogens is 480 g/mol. The highest BCUT2D eigenvalue weighted by molar-refractivity contribution is 6.55. The van der Waals surface area contributed by atoms with Crippen LogP contribution < -0.4 is 10.2 Å². The van der Waals surface area contributed by atoms with Crippen LogP contribution in [0, 0.1) is 5.82 Å². The lowest BCUT2D eigenvalue weighted by Gasteiger charge is -2.15. The van der Waals surface area contributed by atoms with Gasteiger partial charge in [0.05, 0.1) is 36.2 Å². The van der Waals surface area contributed by atoms with Gasteiger partial charge in [0.25, 0.3) is 17.7 Å². The summed E-state index contributed by atoms with van der Waals surface area (Å²) in [4.78, 5) is 37.1. The zero-order valence-corrected chi connectivity index (χ0v) is 17.1. The van der Waals surface area contributed by atoms with Crippen LogP contribution in [0.3, 0.4) is 0 Å². The maximum Gasteiger partial charge on any atom is 0.282 e. The average Bonchev–Trinajstić information content (AvgIpc) is 2.88. The number of hydrogen-bond donors (Lipinski definition) is 1. The number of hydrazine groups is 1. The van der Waals surface area contributed by atoms with Crippen LogP contribution in [-0.4, -0.2) is 29.3 Å². The Hall–Kier alpha value is -1.77. The van der Waals surface area contributed by atoms with E-state index in [1.54, 1.807) is 0 Å². The first-order valence-corrected chi connectivity index (χ1v) is 9.14. The van der Waals surface area contributed by atoms with Crippen molar-refractivity contribution in [3.05, 3.63) is 60.3 Å². The predicted molar refractivity (Wildman–Crippen MR) is 102 cm³/mol. The molecule has 0 bridgehead atoms. The third-order valence-corrected chi connectivity index (χ3v) is 5.69. The molecule has 1 aliphatic heterocycles. The second kappa shape index (κ2) is 7.93. The Bertz CT molecular complexity index is 999. The number of rotatable bonds is 4. The maximum atomic E-state index is 13.0. The summed E-state index contributed by atoms with van der Waals surface area (Å²) in [5, 5.41) is -0.582. The zero-order chi connectivity index (χ0) is 20.7. The second-order valence-corrected chi connectivity index (χ2v) is 7.27. The summed E-state index contributed by atoms with van der Waals surface area (Å²) in [7, 11) is 0. The molecule has 0 radical (unpaired) electrons. The van der Waals surface area contributed by atoms with Crippen LogP contribution in [-0.2, 0) is 4.79 Å². The SMILES string of the molecule is O=C(COc1ccc(F)cc1Cl)NN1C(=O)c2c(Cl)c(Cl)c(Cl)c(Cl)c2C1=O. The Labute approximate surface area is 182 Å². The Balaban J connectivity index is 1.77. The van der Waals surface area contributed by atoms with E-state index in [0.717, 1.165) is 12.1 Å². The van der Waals surface area contributed by atoms with Gasteiger partial charge in [-0.2, -0.15) is 5.01 Å². The minimum atomic E-state index is -0.946. The van der Waals surface area contributed by atoms with Crippen molar-refractivity contribution < 1.29 is 23.5 Å². The highest BCUT2D eigenvalue weighted by atomic mass is 35.5. The molecule has 6 nitrogen and oxygen atoms in total. The number of amides is 3. The first kappa shape index (κ1) is 21.0. The molecule has 0 unspecified atom stereocenters. The van der Waals surface area contributed by atoms with E-state index in [1.165, 1.54) is 6.07 Å². The summed E-state index contributed by atoms with van der Waals surface area (Å²) in [6.07, 6.45) is 0. The number of ether oxygens (including phenoxy) is 1. The van der Waals surface area contributed by atoms with Gasteiger partial charge in [-0.25, -0.2) is 4.39 Å². The molecule has 0 fully saturated rings. The van der Waals surface area contributed by atoms with Crippen LogP contribution in [0.5, 0.6) is 5.75 Å². The minimum Gasteiger partial charge on any atom is -0.482 e. The van der Waals surface area contributed by atoms with Crippen molar-refractivity contribution in [1.82, 2.24) is 10.4 Å². The molecule has 1 heterocycles. The van der Waals surface area contributed by atoms with Gasteiger partial charge in [0.1, 0.15) is 11.6 Å². The first-order valence-electron chi connectivity index (χ1n) is 7.25. The molecule has 2 aromatic rings. The number of hydrogen-bond acceptors (Lipinski definition) is 4. The van der Waals surface area contributed by atoms with Crippen LogP contribution in [0.1, 0.15) is 20.7 Å². The summed E-state index contributed by atoms with van der Waals surface area (Å²) < 4.78 is 18.2. The van der Waals surface area contributed by atoms with Crippen LogP contribution in [0.2, 0.25) is 25.1 Å². The normalized spacial score (nSPS) is 13.0. The average molecular weight is 486 g/mol. The van der Waals surface area contributed by atoms with E-state index in [2.05, 4.69) is 5.43 Å². The number of carbonyl (C=O) groups excluding carboxylic acids is 3. The van der Waals surface area contributed by atoms with Crippen molar-refractivity contribution in [1.29, 1.82) is 0 Å². The van der Waals surface area contributed by atoms with Crippen molar-refractivity contribution in [2.75, 3.05) is 6.61 Å². The Kier molecular flexibility index (Phi) is 5.93. The van der Waals surface area contributed by atoms with E-state index < -0.39 is 30.1 Å². The van der Waals surface area contributed by atoms with Crippen LogP contribution in [0.15, 0.2) is 18.2 Å². The number of nitrogens with one attached hydrogen (secondary N) is 1. The fourth-order valence-electron chi connectivity index (χ4n) is 2.34. The number of halogens is 6. The minimum absolute atomic E-state index is 0.0326. The molecule has 0 atom stereocenters. The van der Waals surface area contributed by atoms with Crippen molar-refractivity contribution >= 4 is 75.7 Å². The predicted octanol–water partition coefficient (Wildman–Crippen LogP) is 4.80. The number of nitrogens with zero attached hydrogens (tertiary/aromatic N) is 1. The molecule has 0 saturated heterocycles. The molecule has 1 N–H and O–H groups in total. The second-order valence-electron chi connectivity index (χ2n) is 5.35. The Morgan fingerprint density at radius 2 is 1.50 bits per heavy atom. The van der Waals surface area contributed by atoms with E-state index in [-0.39, 0.29) is 42.0 Å². The van der Waals surface area contributed by atoms with Gasteiger partial charge >= 0.3 is 0 Å². The molecule has 0 saturated carbocycles. The van der Waals surface area contributed by atoms with Gasteiger partial charge in [0.15, 0.2) is 6.61 Å². The fourth-order valence-corrected chi connectivity index (χ4v) is 3.58. The third-order valence-electron chi connectivity index (χ3n) is 3.59. The molecule has 3 rings (SSSR count). The van der Waals surface area contributed by atoms with Gasteiger partial charge in [-0.05, 0) is 18.2 Å². The molecule has 3 amide bonds. The first-order chi connectivity index (χ1) is 13.1. The van der Waals surface area contributed by atoms with E-state index >= 15 is 0 Å². The molecule has 146 valence electrons. The van der Waals surface area contributed by atoms with Gasteiger partial charge in [-0.15, -0.1) is 0 Å². The van der Waals surface area contributed by atoms with Crippen LogP contribution in [0.25, 0.3) is 0 Å². The smallest absolute Gasteiger partial charge is 0.282 e. The molecule has 0 aromatic heterocycles. The lowest BCUT2D eigenvalue weighted by atomic mass is 10.1. The van der Waals surface area contributed by atoms with Gasteiger partial charge < -0.3 is 4.74 Å². The number of imide groups is 1. The molecule has 12 heteroatoms. The molecule has 28 heavy (non-hydrogen) atoms. The summed E-state index contributed by atoms with van der Waals surface area (Å²) >= 11 is 29.6. The molecule has 2 aromatic carbocycles. The standard InChI is InChI=1S/C16H6Cl5FN2O4/c17-6-3-5(22)1-2-7(6)28-4-8(25)23-24-15(26)9-10(16(24)27)12(19)14(21)13(20)11(9)18/h1-3H,4H2,(H,23,25). The van der Waals surface area contributed by atoms with E-state index in [9.17, 15) is 18.8 Å². The maximum absolute atomic E-state index is 13.0. The van der Waals surface area contributed by atoms with Crippen molar-refractivity contribution in [2.24, 2.45) is 0 Å². The van der Waals surface area contributed by atoms with Crippen molar-refractivity contribution in [3.63, 3.8) is 0 Å². The topological polar surface area (TPSA) is 75.7 Å². The van der Waals surface area contributed by atoms with Gasteiger partial charge in [-0.3, -0.25) is 19.8 Å². The summed E-state index contributed by atoms with van der Waals surface area (Å²) in [5.74, 6) is -3.32. The zero-order valence-electron chi connectivity index (χ0n) is 13.3. The monoisotopic (exact) mass is 484 g/mol. The fraction of sp³-hybridized carbons (Fsp3) is 0.0625. The van der Waals surface area contributed by atoms with Gasteiger partial charge in [0.2, 0.25) is 0 Å². The molecule has 0 spiro atoms. The van der Waals surface area contributed by atoms with Crippen LogP contribution in [0.4, 0.5) is 4.39 Å². The number of fused-ring (bicyclic) bond motifs is 1. The Morgan fingerprint density at radius 1 is 0.964 bits per heavy atom. The van der Waals surface area contributed by atoms with E-state index in [4.69, 9.17) is 62.7 Å². The summed E-state index contributed by atoms with van der Waals surface area (Å²) in [6, 6.07) is 3.30. The third kappa shape index (κ3) is 3.60. The van der Waals surface area contributed by atoms with Crippen LogP contribution >= 0.6 is 58.0 Å². The summed E-state index contributed by atoms with van der Waals surface area (Å²) in [6.45, 7) is -0.623. The quantitative estimate of drug-likeness (QED) is 0.383. The number of carbonyl (C=O) groups is 3. The molecule has 1 aliphatic rings. The van der Waals surface area contributed by atoms with Gasteiger partial charge in [0, 0.05) is 0 Å². The lowest BCUT2D eigenvalue weighted by Crippen LogP contribution is -2.47. The van der Waals surface area contributed by atoms with Crippen molar-refractivity contribution in [3.8, 4) is 5.75 Å². The molecule has 0 aliphatic carbocycles. The van der Waals surface area contributed by atoms with Gasteiger partial charge in [-0.1, -0.05) is 58.0 Å². The summed E-state index contributed by atoms with van der Waals surface area (Å²) in [5.41, 5.74) is 1.50. The molecular formula is C16H6Cl5FN2O4. The van der Waals surface area contributed by atoms with E-state index in [0.29, 0.717) is 5.01 Å². The van der Waals surface area contributed by atoms with E-state index in [1.807, 2.05) is 0 Å². The Morgan fingerprint density at radius 3 is 2.00 bits per heavy atom. The lowest BCUT2D eigenvalue weighted by molar-refractivity contribution is -0.126. The van der Waals surface area contributed by atoms with Crippen molar-refractivity contribution in [2.45, 2.75) is 0 Å². The largest absolute Gasteiger partial charge is 0.482 e. The number of benzene rings is 2. The highest BCUT2D eigenvalue weighted by Crippen LogP contribution is 2.44.